The Hall–Kier alpha value is -13.5. The van der Waals surface area contributed by atoms with Crippen molar-refractivity contribution in [2.24, 2.45) is 40.7 Å². The largest absolute Gasteiger partial charge is 0.508 e. The number of nitrogens with one attached hydrogen (secondary N) is 20. The molecule has 4 aromatic rings. The number of H-pyrrole nitrogens is 1. The number of aromatic hydroxyl groups is 1. The van der Waals surface area contributed by atoms with Gasteiger partial charge in [0.1, 0.15) is 108 Å². The van der Waals surface area contributed by atoms with Gasteiger partial charge in [-0.15, -0.1) is 0 Å². The maximum Gasteiger partial charge on any atom is 0.246 e. The number of carbonyl (C=O) groups is 18. The second-order valence-corrected chi connectivity index (χ2v) is 42.2. The van der Waals surface area contributed by atoms with E-state index >= 15 is 52.7 Å². The lowest BCUT2D eigenvalue weighted by molar-refractivity contribution is -0.148. The highest BCUT2D eigenvalue weighted by molar-refractivity contribution is 8.76. The van der Waals surface area contributed by atoms with Crippen molar-refractivity contribution < 1.29 is 102 Å². The molecule has 18 amide bonds. The molecule has 0 saturated carbocycles. The van der Waals surface area contributed by atoms with E-state index in [4.69, 9.17) is 33.8 Å². The lowest BCUT2D eigenvalue weighted by atomic mass is 9.98. The van der Waals surface area contributed by atoms with Crippen LogP contribution in [0.5, 0.6) is 5.75 Å². The van der Waals surface area contributed by atoms with Crippen molar-refractivity contribution in [1.82, 2.24) is 110 Å². The van der Waals surface area contributed by atoms with Crippen molar-refractivity contribution in [2.45, 2.75) is 292 Å². The predicted octanol–water partition coefficient (Wildman–Crippen LogP) is -3.91. The molecule has 1 aromatic heterocycles. The number of carbonyl (C=O) groups excluding carboxylic acids is 18. The average molecular weight is 2130 g/mol. The number of nitrogens with two attached hydrogens (primary N) is 4. The maximum absolute atomic E-state index is 15.9. The summed E-state index contributed by atoms with van der Waals surface area (Å²) in [7, 11) is 1.64. The molecule has 5 aliphatic rings. The minimum Gasteiger partial charge on any atom is -0.508 e. The number of phenols is 1. The molecule has 0 spiro atoms. The maximum atomic E-state index is 15.9. The Bertz CT molecular complexity index is 5330. The van der Waals surface area contributed by atoms with Crippen molar-refractivity contribution in [3.8, 4) is 5.75 Å². The molecule has 6 heterocycles. The Kier molecular flexibility index (Phi) is 47.9. The Balaban J connectivity index is 1.18. The van der Waals surface area contributed by atoms with E-state index in [1.165, 1.54) is 39.0 Å². The summed E-state index contributed by atoms with van der Waals surface area (Å²) in [4.78, 5) is 281. The second kappa shape index (κ2) is 59.8. The molecule has 0 radical (unpaired) electrons. The van der Waals surface area contributed by atoms with E-state index in [1.807, 2.05) is 0 Å². The van der Waals surface area contributed by atoms with Crippen LogP contribution in [-0.2, 0) is 106 Å². The van der Waals surface area contributed by atoms with Crippen LogP contribution in [0.1, 0.15) is 181 Å². The molecule has 5 aliphatic heterocycles. The van der Waals surface area contributed by atoms with Crippen LogP contribution in [0, 0.1) is 28.6 Å². The Morgan fingerprint density at radius 3 is 1.35 bits per heavy atom. The number of unbranched alkanes of at least 4 members (excludes halogenated alkanes) is 3. The van der Waals surface area contributed by atoms with E-state index in [2.05, 4.69) is 95.4 Å². The summed E-state index contributed by atoms with van der Waals surface area (Å²) in [5, 5.41) is 94.8. The second-order valence-electron chi connectivity index (χ2n) is 39.6. The van der Waals surface area contributed by atoms with Crippen LogP contribution in [0.4, 0.5) is 0 Å². The molecule has 48 nitrogen and oxygen atoms in total. The van der Waals surface area contributed by atoms with Gasteiger partial charge >= 0.3 is 0 Å². The first-order valence-corrected chi connectivity index (χ1v) is 54.0. The molecule has 0 unspecified atom stereocenters. The van der Waals surface area contributed by atoms with Crippen molar-refractivity contribution in [1.29, 1.82) is 10.8 Å². The number of nitrogens with zero attached hydrogens (tertiary/aromatic N) is 3. The van der Waals surface area contributed by atoms with Crippen molar-refractivity contribution in [3.05, 3.63) is 102 Å². The summed E-state index contributed by atoms with van der Waals surface area (Å²) in [6.45, 7) is 9.34. The average Bonchev–Trinajstić information content (AvgIpc) is 1.65. The number of hydrogen-bond donors (Lipinski definition) is 27. The molecular formula is C100H151N27O21S2. The number of phenolic OH excluding ortho intramolecular Hbond substituents is 1. The smallest absolute Gasteiger partial charge is 0.246 e. The van der Waals surface area contributed by atoms with Gasteiger partial charge in [0.2, 0.25) is 106 Å². The van der Waals surface area contributed by atoms with Gasteiger partial charge in [0.25, 0.3) is 0 Å². The Morgan fingerprint density at radius 2 is 0.813 bits per heavy atom. The normalized spacial score (nSPS) is 26.0. The number of amides is 18. The van der Waals surface area contributed by atoms with Gasteiger partial charge in [-0.1, -0.05) is 124 Å². The van der Waals surface area contributed by atoms with Crippen molar-refractivity contribution >= 4 is 151 Å². The van der Waals surface area contributed by atoms with E-state index in [9.17, 15) is 48.9 Å². The zero-order chi connectivity index (χ0) is 110. The van der Waals surface area contributed by atoms with E-state index in [0.29, 0.717) is 34.0 Å². The number of hydrogen-bond acceptors (Lipinski definition) is 27. The molecule has 18 atom stereocenters. The number of aliphatic hydroxyl groups is 2. The molecule has 50 heteroatoms. The molecule has 150 heavy (non-hydrogen) atoms. The minimum atomic E-state index is -2.00. The van der Waals surface area contributed by atoms with E-state index in [-0.39, 0.29) is 185 Å². The number of aromatic nitrogens is 1. The molecule has 5 saturated heterocycles. The van der Waals surface area contributed by atoms with Crippen molar-refractivity contribution in [3.63, 3.8) is 0 Å². The van der Waals surface area contributed by atoms with Crippen LogP contribution in [0.15, 0.2) is 85.1 Å². The van der Waals surface area contributed by atoms with Crippen molar-refractivity contribution in [2.75, 3.05) is 70.5 Å². The highest BCUT2D eigenvalue weighted by Gasteiger charge is 2.48. The molecule has 9 rings (SSSR count). The third-order valence-electron chi connectivity index (χ3n) is 26.7. The third-order valence-corrected chi connectivity index (χ3v) is 29.2. The zero-order valence-corrected chi connectivity index (χ0v) is 87.6. The number of para-hydroxylation sites is 1. The van der Waals surface area contributed by atoms with Gasteiger partial charge in [-0.05, 0) is 188 Å². The van der Waals surface area contributed by atoms with Gasteiger partial charge < -0.3 is 148 Å². The molecule has 0 aliphatic carbocycles. The summed E-state index contributed by atoms with van der Waals surface area (Å²) in [5.74, 6) is -21.0. The Labute approximate surface area is 879 Å². The third kappa shape index (κ3) is 36.2. The van der Waals surface area contributed by atoms with Crippen LogP contribution in [0.3, 0.4) is 0 Å². The van der Waals surface area contributed by atoms with Gasteiger partial charge in [0, 0.05) is 80.6 Å². The standard InChI is InChI=1S/C100H151N27O21S2/c1-54(2)45-68-85(135)122-79(55(3)4)93(143)112-64(28-15-18-40-107-99(103)104)82(132)110-50-78(131)111-73-52-149-150-53-74(90(140)117-69(46-58-23-9-8-10-24-58)86(136)123-80(56(5)6)94(144)113-66(83(133)116-68)30-19-41-108-100(105)106)121-92(142)75-31-20-42-125(75)96(146)67(29-14-17-39-102)115-91(141)76-32-21-43-126(76)98(148)77-33-22-44-127(77)97(147)71(47-59-34-36-61(130)37-35-59)119-88(138)72(51-128)120-84(134)65(27-13-16-38-101)114-95(145)81(57(7)129)124-87(137)70(118-89(73)139)48-60-49-109-63-26-12-11-25-62(60)63/h8-12,23-26,34-37,49,54-57,64-77,79-81,109,128-130H,13-22,27-33,38-48,50-53,101-102H2,1-7H3,(H,110,132)(H,111,131)(H,112,143)(H,113,144)(H,114,145)(H,115,141)(H,116,133)(H,117,140)(H,118,139)(H,119,138)(H,120,134)(H,121,142)(H,122,135)(H,123,136)(H,124,137)(H4,103,104,107)(H4,105,106,108)/t57-,64+,65+,66+,67+,68+,69+,70+,71+,72+,73+,74+,75+,76+,77+,79+,80+,81+/m1/s1. The topological polar surface area (TPSA) is 750 Å². The number of benzene rings is 3. The minimum absolute atomic E-state index is 0.0199. The quantitative estimate of drug-likeness (QED) is 0.0107. The number of aliphatic hydroxyl groups excluding tert-OH is 2. The first kappa shape index (κ1) is 120. The lowest BCUT2D eigenvalue weighted by Gasteiger charge is -2.34. The predicted molar refractivity (Wildman–Crippen MR) is 560 cm³/mol. The van der Waals surface area contributed by atoms with Gasteiger partial charge in [-0.2, -0.15) is 0 Å². The zero-order valence-electron chi connectivity index (χ0n) is 86.0. The molecule has 31 N–H and O–H groups in total. The lowest BCUT2D eigenvalue weighted by Crippen LogP contribution is -2.62. The van der Waals surface area contributed by atoms with Crippen LogP contribution >= 0.6 is 21.6 Å². The fraction of sp³-hybridized carbons (Fsp3) is 0.600. The van der Waals surface area contributed by atoms with E-state index < -0.39 is 264 Å². The van der Waals surface area contributed by atoms with Crippen LogP contribution in [0.2, 0.25) is 0 Å². The first-order chi connectivity index (χ1) is 71.6. The number of rotatable bonds is 29. The highest BCUT2D eigenvalue weighted by atomic mass is 33.1. The van der Waals surface area contributed by atoms with Gasteiger partial charge in [-0.3, -0.25) is 97.1 Å². The molecule has 3 aromatic carbocycles. The first-order valence-electron chi connectivity index (χ1n) is 51.5. The summed E-state index contributed by atoms with van der Waals surface area (Å²) in [5.41, 5.74) is 25.0. The monoisotopic (exact) mass is 2130 g/mol. The van der Waals surface area contributed by atoms with Gasteiger partial charge in [0.05, 0.1) is 19.3 Å². The highest BCUT2D eigenvalue weighted by Crippen LogP contribution is 2.31. The van der Waals surface area contributed by atoms with Crippen LogP contribution in [0.25, 0.3) is 10.9 Å². The number of fused-ring (bicyclic) bond motifs is 9. The molecule has 824 valence electrons. The van der Waals surface area contributed by atoms with E-state index in [1.54, 1.807) is 102 Å². The Morgan fingerprint density at radius 1 is 0.407 bits per heavy atom. The summed E-state index contributed by atoms with van der Waals surface area (Å²) in [6.07, 6.45) is 0.555. The number of guanidine groups is 2. The van der Waals surface area contributed by atoms with Crippen LogP contribution < -0.4 is 113 Å². The fourth-order valence-corrected chi connectivity index (χ4v) is 20.9. The summed E-state index contributed by atoms with van der Waals surface area (Å²) < 4.78 is 0. The SMILES string of the molecule is CC(C)C[C@@H]1NC(=O)[C@H](CCCNC(=N)N)NC(=O)[C@H](C(C)C)NC(=O)[C@H](Cc2ccccc2)NC(=O)[C@@H]2CSSC[C@H](NC(=O)CNC(=O)[C@H](CCCCNC(=N)N)NC(=O)[C@H](C(C)C)NC1=O)C(=O)N[C@@H](Cc1c[nH]c3ccccc13)C(=O)N[C@@H]([C@@H](C)O)C(=O)N[C@@H](CCCCN)C(=O)N[C@@H](CO)C(=O)N[C@@H](Cc1ccc(O)cc1)C(=O)N1CCC[C@H]1C(=O)N1CCC[C@H]1C(=O)N[C@@H](CCCCN)C(=O)N1CCC[C@H]1C(=O)N2. The molecular weight excluding hydrogens is 1980 g/mol. The van der Waals surface area contributed by atoms with Gasteiger partial charge in [-0.25, -0.2) is 0 Å². The fourth-order valence-electron chi connectivity index (χ4n) is 18.6. The number of aromatic amines is 1. The molecule has 2 bridgehead atoms. The van der Waals surface area contributed by atoms with E-state index in [0.717, 1.165) is 28.5 Å². The van der Waals surface area contributed by atoms with Gasteiger partial charge in [0.15, 0.2) is 11.9 Å². The summed E-state index contributed by atoms with van der Waals surface area (Å²) in [6, 6.07) is -5.88. The van der Waals surface area contributed by atoms with Crippen LogP contribution in [-0.4, -0.2) is 333 Å². The summed E-state index contributed by atoms with van der Waals surface area (Å²) >= 11 is 0. The molecule has 5 fully saturated rings.